The van der Waals surface area contributed by atoms with E-state index in [1.165, 1.54) is 12.0 Å². The number of para-hydroxylation sites is 1. The molecule has 2 aromatic heterocycles. The average Bonchev–Trinajstić information content (AvgIpc) is 3.64. The lowest BCUT2D eigenvalue weighted by atomic mass is 9.94. The van der Waals surface area contributed by atoms with E-state index in [1.54, 1.807) is 42.9 Å². The van der Waals surface area contributed by atoms with Crippen molar-refractivity contribution in [1.29, 1.82) is 0 Å². The minimum absolute atomic E-state index is 0.0297. The molecule has 1 aliphatic rings. The molecule has 0 spiro atoms. The van der Waals surface area contributed by atoms with Gasteiger partial charge in [-0.1, -0.05) is 24.3 Å². The van der Waals surface area contributed by atoms with Crippen LogP contribution in [-0.2, 0) is 11.3 Å². The van der Waals surface area contributed by atoms with Crippen LogP contribution >= 0.6 is 0 Å². The first-order valence-corrected chi connectivity index (χ1v) is 12.1. The van der Waals surface area contributed by atoms with Gasteiger partial charge in [-0.2, -0.15) is 0 Å². The number of imidazole rings is 1. The predicted molar refractivity (Wildman–Crippen MR) is 136 cm³/mol. The van der Waals surface area contributed by atoms with E-state index in [2.05, 4.69) is 4.98 Å². The molecule has 0 saturated carbocycles. The van der Waals surface area contributed by atoms with Gasteiger partial charge in [0.1, 0.15) is 5.58 Å². The van der Waals surface area contributed by atoms with Gasteiger partial charge in [-0.05, 0) is 43.2 Å². The van der Waals surface area contributed by atoms with Crippen LogP contribution in [0.25, 0.3) is 11.0 Å². The van der Waals surface area contributed by atoms with Gasteiger partial charge in [0.25, 0.3) is 5.91 Å². The third-order valence-electron chi connectivity index (χ3n) is 6.38. The topological polar surface area (TPSA) is 107 Å². The van der Waals surface area contributed by atoms with Crippen molar-refractivity contribution in [2.45, 2.75) is 25.9 Å². The fourth-order valence-electron chi connectivity index (χ4n) is 4.66. The number of methoxy groups -OCH3 is 1. The maximum atomic E-state index is 13.7. The normalized spacial score (nSPS) is 15.6. The monoisotopic (exact) mass is 501 g/mol. The summed E-state index contributed by atoms with van der Waals surface area (Å²) in [7, 11) is 1.53. The number of aliphatic hydroxyl groups is 1. The molecule has 190 valence electrons. The second-order valence-corrected chi connectivity index (χ2v) is 8.64. The summed E-state index contributed by atoms with van der Waals surface area (Å²) in [6, 6.07) is 13.3. The summed E-state index contributed by atoms with van der Waals surface area (Å²) >= 11 is 0. The second kappa shape index (κ2) is 10.2. The van der Waals surface area contributed by atoms with Gasteiger partial charge >= 0.3 is 0 Å². The highest BCUT2D eigenvalue weighted by atomic mass is 16.5. The van der Waals surface area contributed by atoms with Crippen molar-refractivity contribution in [3.8, 4) is 11.5 Å². The quantitative estimate of drug-likeness (QED) is 0.314. The number of aliphatic hydroxyl groups excluding tert-OH is 1. The Morgan fingerprint density at radius 1 is 1.14 bits per heavy atom. The van der Waals surface area contributed by atoms with Crippen LogP contribution in [0.15, 0.2) is 83.0 Å². The molecule has 37 heavy (non-hydrogen) atoms. The summed E-state index contributed by atoms with van der Waals surface area (Å²) < 4.78 is 18.9. The lowest BCUT2D eigenvalue weighted by Gasteiger charge is -2.27. The van der Waals surface area contributed by atoms with Crippen molar-refractivity contribution in [2.75, 3.05) is 20.3 Å². The lowest BCUT2D eigenvalue weighted by molar-refractivity contribution is -0.129. The zero-order valence-electron chi connectivity index (χ0n) is 20.6. The van der Waals surface area contributed by atoms with Crippen LogP contribution in [0.2, 0.25) is 0 Å². The Hall–Kier alpha value is -4.53. The minimum atomic E-state index is -0.833. The molecule has 0 fully saturated rings. The molecular formula is C28H27N3O6. The second-order valence-electron chi connectivity index (χ2n) is 8.64. The molecule has 0 saturated heterocycles. The minimum Gasteiger partial charge on any atom is -0.503 e. The molecule has 2 aromatic carbocycles. The Labute approximate surface area is 213 Å². The van der Waals surface area contributed by atoms with Gasteiger partial charge in [0.05, 0.1) is 31.7 Å². The first-order valence-electron chi connectivity index (χ1n) is 12.1. The molecule has 0 aliphatic carbocycles. The molecule has 0 radical (unpaired) electrons. The fraction of sp³-hybridized carbons (Fsp3) is 0.250. The van der Waals surface area contributed by atoms with Crippen LogP contribution in [0.4, 0.5) is 0 Å². The SMILES string of the molecule is CCOc1ccc([C@@H]2C(C(=O)c3cc4ccccc4o3)=C(O)C(=O)N2CCCn2ccnc2)cc1OC. The van der Waals surface area contributed by atoms with Crippen molar-refractivity contribution in [3.63, 3.8) is 0 Å². The van der Waals surface area contributed by atoms with Crippen LogP contribution in [0.3, 0.4) is 0 Å². The summed E-state index contributed by atoms with van der Waals surface area (Å²) in [5.41, 5.74) is 1.13. The fourth-order valence-corrected chi connectivity index (χ4v) is 4.66. The van der Waals surface area contributed by atoms with Gasteiger partial charge in [0.15, 0.2) is 23.0 Å². The molecule has 1 aliphatic heterocycles. The molecule has 9 heteroatoms. The summed E-state index contributed by atoms with van der Waals surface area (Å²) in [6.45, 7) is 3.25. The third-order valence-corrected chi connectivity index (χ3v) is 6.38. The van der Waals surface area contributed by atoms with Gasteiger partial charge in [-0.3, -0.25) is 9.59 Å². The molecule has 4 aromatic rings. The van der Waals surface area contributed by atoms with Crippen molar-refractivity contribution in [2.24, 2.45) is 0 Å². The number of hydrogen-bond acceptors (Lipinski definition) is 7. The number of benzene rings is 2. The van der Waals surface area contributed by atoms with Crippen LogP contribution < -0.4 is 9.47 Å². The Morgan fingerprint density at radius 3 is 2.70 bits per heavy atom. The standard InChI is InChI=1S/C28H27N3O6/c1-3-36-21-10-9-19(16-22(21)35-2)25-24(26(32)23-15-18-7-4-5-8-20(18)37-23)27(33)28(34)31(25)13-6-12-30-14-11-29-17-30/h4-5,7-11,14-17,25,33H,3,6,12-13H2,1-2H3/t25-/m1/s1. The number of rotatable bonds is 10. The highest BCUT2D eigenvalue weighted by molar-refractivity contribution is 6.16. The number of aryl methyl sites for hydroxylation is 1. The first kappa shape index (κ1) is 24.2. The van der Waals surface area contributed by atoms with Gasteiger partial charge in [0.2, 0.25) is 5.78 Å². The predicted octanol–water partition coefficient (Wildman–Crippen LogP) is 4.71. The molecule has 1 amide bonds. The summed E-state index contributed by atoms with van der Waals surface area (Å²) in [6.07, 6.45) is 5.82. The average molecular weight is 502 g/mol. The highest BCUT2D eigenvalue weighted by Gasteiger charge is 2.44. The van der Waals surface area contributed by atoms with Crippen molar-refractivity contribution in [1.82, 2.24) is 14.5 Å². The van der Waals surface area contributed by atoms with E-state index in [0.29, 0.717) is 48.8 Å². The Balaban J connectivity index is 1.53. The summed E-state index contributed by atoms with van der Waals surface area (Å²) in [5.74, 6) is -0.667. The lowest BCUT2D eigenvalue weighted by Crippen LogP contribution is -2.32. The number of nitrogens with zero attached hydrogens (tertiary/aromatic N) is 3. The maximum Gasteiger partial charge on any atom is 0.290 e. The largest absolute Gasteiger partial charge is 0.503 e. The number of ether oxygens (including phenoxy) is 2. The third kappa shape index (κ3) is 4.55. The van der Waals surface area contributed by atoms with E-state index in [-0.39, 0.29) is 11.3 Å². The number of carbonyl (C=O) groups excluding carboxylic acids is 2. The van der Waals surface area contributed by atoms with E-state index in [4.69, 9.17) is 13.9 Å². The molecule has 5 rings (SSSR count). The van der Waals surface area contributed by atoms with Gasteiger partial charge in [-0.15, -0.1) is 0 Å². The van der Waals surface area contributed by atoms with Crippen LogP contribution in [0, 0.1) is 0 Å². The van der Waals surface area contributed by atoms with Gasteiger partial charge < -0.3 is 28.5 Å². The van der Waals surface area contributed by atoms with Gasteiger partial charge in [0, 0.05) is 30.9 Å². The molecule has 1 atom stereocenters. The van der Waals surface area contributed by atoms with Crippen LogP contribution in [-0.4, -0.2) is 51.5 Å². The van der Waals surface area contributed by atoms with Crippen LogP contribution in [0.1, 0.15) is 35.5 Å². The maximum absolute atomic E-state index is 13.7. The Morgan fingerprint density at radius 2 is 1.97 bits per heavy atom. The molecule has 9 nitrogen and oxygen atoms in total. The smallest absolute Gasteiger partial charge is 0.290 e. The molecular weight excluding hydrogens is 474 g/mol. The number of Topliss-reactive ketones (excluding diaryl/α,β-unsaturated/α-hetero) is 1. The number of hydrogen-bond donors (Lipinski definition) is 1. The Kier molecular flexibility index (Phi) is 6.68. The van der Waals surface area contributed by atoms with Crippen molar-refractivity contribution >= 4 is 22.7 Å². The number of ketones is 1. The number of amides is 1. The number of carbonyl (C=O) groups is 2. The highest BCUT2D eigenvalue weighted by Crippen LogP contribution is 2.42. The molecule has 3 heterocycles. The first-order chi connectivity index (χ1) is 18.0. The molecule has 0 bridgehead atoms. The summed E-state index contributed by atoms with van der Waals surface area (Å²) in [5, 5.41) is 11.7. The summed E-state index contributed by atoms with van der Waals surface area (Å²) in [4.78, 5) is 32.6. The van der Waals surface area contributed by atoms with Crippen molar-refractivity contribution < 1.29 is 28.6 Å². The van der Waals surface area contributed by atoms with Crippen molar-refractivity contribution in [3.05, 3.63) is 89.9 Å². The molecule has 1 N–H and O–H groups in total. The molecule has 0 unspecified atom stereocenters. The van der Waals surface area contributed by atoms with E-state index >= 15 is 0 Å². The van der Waals surface area contributed by atoms with E-state index in [9.17, 15) is 14.7 Å². The Bertz CT molecular complexity index is 1440. The van der Waals surface area contributed by atoms with E-state index < -0.39 is 23.5 Å². The van der Waals surface area contributed by atoms with E-state index in [0.717, 1.165) is 5.39 Å². The zero-order valence-corrected chi connectivity index (χ0v) is 20.6. The van der Waals surface area contributed by atoms with Crippen LogP contribution in [0.5, 0.6) is 11.5 Å². The zero-order chi connectivity index (χ0) is 25.9. The number of fused-ring (bicyclic) bond motifs is 1. The number of aromatic nitrogens is 2. The van der Waals surface area contributed by atoms with Gasteiger partial charge in [-0.25, -0.2) is 4.98 Å². The van der Waals surface area contributed by atoms with E-state index in [1.807, 2.05) is 35.9 Å². The number of furan rings is 1.